The lowest BCUT2D eigenvalue weighted by molar-refractivity contribution is 0.342. The van der Waals surface area contributed by atoms with Crippen LogP contribution in [0.5, 0.6) is 5.75 Å². The highest BCUT2D eigenvalue weighted by atomic mass is 35.5. The zero-order valence-electron chi connectivity index (χ0n) is 9.82. The lowest BCUT2D eigenvalue weighted by Gasteiger charge is -2.27. The summed E-state index contributed by atoms with van der Waals surface area (Å²) in [5, 5.41) is 13.2. The highest BCUT2D eigenvalue weighted by molar-refractivity contribution is 6.32. The number of aromatic hydroxyl groups is 1. The number of hydrogen-bond donors (Lipinski definition) is 3. The lowest BCUT2D eigenvalue weighted by Crippen LogP contribution is -2.37. The van der Waals surface area contributed by atoms with Crippen LogP contribution in [0.15, 0.2) is 18.2 Å². The van der Waals surface area contributed by atoms with Gasteiger partial charge in [0.15, 0.2) is 0 Å². The van der Waals surface area contributed by atoms with Crippen LogP contribution in [0.2, 0.25) is 5.02 Å². The molecule has 1 aliphatic rings. The van der Waals surface area contributed by atoms with Crippen LogP contribution in [0, 0.1) is 0 Å². The lowest BCUT2D eigenvalue weighted by atomic mass is 9.92. The van der Waals surface area contributed by atoms with Gasteiger partial charge in [-0.15, -0.1) is 0 Å². The average Bonchev–Trinajstić information content (AvgIpc) is 2.33. The number of hydrogen-bond acceptors (Lipinski definition) is 3. The molecule has 0 aliphatic heterocycles. The monoisotopic (exact) mass is 254 g/mol. The standard InChI is InChI=1S/C13H19ClN2O/c14-12-7-9(1-6-13(12)17)8-16-11-4-2-10(15)3-5-11/h1,6-7,10-11,16-17H,2-5,8,15H2. The molecule has 0 saturated heterocycles. The van der Waals surface area contributed by atoms with Crippen LogP contribution in [0.4, 0.5) is 0 Å². The number of halogens is 1. The van der Waals surface area contributed by atoms with E-state index in [4.69, 9.17) is 17.3 Å². The van der Waals surface area contributed by atoms with Gasteiger partial charge in [0, 0.05) is 18.6 Å². The zero-order chi connectivity index (χ0) is 12.3. The maximum atomic E-state index is 9.32. The Morgan fingerprint density at radius 2 is 2.00 bits per heavy atom. The fraction of sp³-hybridized carbons (Fsp3) is 0.538. The summed E-state index contributed by atoms with van der Waals surface area (Å²) in [4.78, 5) is 0. The second kappa shape index (κ2) is 5.71. The van der Waals surface area contributed by atoms with Gasteiger partial charge in [0.1, 0.15) is 5.75 Å². The Balaban J connectivity index is 1.83. The predicted molar refractivity (Wildman–Crippen MR) is 70.2 cm³/mol. The summed E-state index contributed by atoms with van der Waals surface area (Å²) in [6.07, 6.45) is 4.50. The number of phenolic OH excluding ortho intramolecular Hbond substituents is 1. The molecular weight excluding hydrogens is 236 g/mol. The third kappa shape index (κ3) is 3.60. The van der Waals surface area contributed by atoms with Crippen LogP contribution < -0.4 is 11.1 Å². The molecule has 0 aromatic heterocycles. The third-order valence-electron chi connectivity index (χ3n) is 3.38. The van der Waals surface area contributed by atoms with E-state index in [1.807, 2.05) is 6.07 Å². The van der Waals surface area contributed by atoms with Crippen LogP contribution in [0.3, 0.4) is 0 Å². The van der Waals surface area contributed by atoms with E-state index >= 15 is 0 Å². The Kier molecular flexibility index (Phi) is 4.26. The van der Waals surface area contributed by atoms with Crippen LogP contribution in [-0.2, 0) is 6.54 Å². The van der Waals surface area contributed by atoms with E-state index in [1.165, 1.54) is 0 Å². The van der Waals surface area contributed by atoms with E-state index in [9.17, 15) is 5.11 Å². The molecule has 1 saturated carbocycles. The Bertz CT molecular complexity index is 376. The Morgan fingerprint density at radius 3 is 2.65 bits per heavy atom. The fourth-order valence-electron chi connectivity index (χ4n) is 2.25. The molecule has 4 heteroatoms. The topological polar surface area (TPSA) is 58.3 Å². The molecule has 0 bridgehead atoms. The number of phenols is 1. The first kappa shape index (κ1) is 12.7. The summed E-state index contributed by atoms with van der Waals surface area (Å²) in [6.45, 7) is 0.792. The normalized spacial score (nSPS) is 24.8. The second-order valence-electron chi connectivity index (χ2n) is 4.78. The molecule has 1 aromatic carbocycles. The van der Waals surface area contributed by atoms with Gasteiger partial charge in [0.25, 0.3) is 0 Å². The molecule has 0 amide bonds. The van der Waals surface area contributed by atoms with Gasteiger partial charge in [0.2, 0.25) is 0 Å². The molecule has 4 N–H and O–H groups in total. The molecule has 1 aromatic rings. The molecule has 2 rings (SSSR count). The van der Waals surface area contributed by atoms with Crippen molar-refractivity contribution in [3.8, 4) is 5.75 Å². The molecule has 1 aliphatic carbocycles. The van der Waals surface area contributed by atoms with Gasteiger partial charge in [-0.05, 0) is 43.4 Å². The van der Waals surface area contributed by atoms with Crippen molar-refractivity contribution in [3.05, 3.63) is 28.8 Å². The summed E-state index contributed by atoms with van der Waals surface area (Å²) in [6, 6.07) is 6.27. The van der Waals surface area contributed by atoms with Crippen LogP contribution >= 0.6 is 11.6 Å². The number of nitrogens with one attached hydrogen (secondary N) is 1. The van der Waals surface area contributed by atoms with E-state index in [0.717, 1.165) is 37.8 Å². The van der Waals surface area contributed by atoms with Crippen molar-refractivity contribution < 1.29 is 5.11 Å². The van der Waals surface area contributed by atoms with E-state index in [1.54, 1.807) is 12.1 Å². The van der Waals surface area contributed by atoms with Crippen LogP contribution in [0.1, 0.15) is 31.2 Å². The quantitative estimate of drug-likeness (QED) is 0.776. The molecule has 0 radical (unpaired) electrons. The van der Waals surface area contributed by atoms with Crippen LogP contribution in [-0.4, -0.2) is 17.2 Å². The Hall–Kier alpha value is -0.770. The molecule has 0 heterocycles. The SMILES string of the molecule is NC1CCC(NCc2ccc(O)c(Cl)c2)CC1. The number of benzene rings is 1. The number of rotatable bonds is 3. The summed E-state index contributed by atoms with van der Waals surface area (Å²) < 4.78 is 0. The van der Waals surface area contributed by atoms with Gasteiger partial charge in [0.05, 0.1) is 5.02 Å². The molecule has 0 unspecified atom stereocenters. The minimum Gasteiger partial charge on any atom is -0.506 e. The first-order chi connectivity index (χ1) is 8.15. The van der Waals surface area contributed by atoms with Gasteiger partial charge in [-0.25, -0.2) is 0 Å². The molecule has 17 heavy (non-hydrogen) atoms. The molecular formula is C13H19ClN2O. The molecule has 94 valence electrons. The maximum Gasteiger partial charge on any atom is 0.134 e. The van der Waals surface area contributed by atoms with Gasteiger partial charge in [-0.3, -0.25) is 0 Å². The highest BCUT2D eigenvalue weighted by Gasteiger charge is 2.17. The predicted octanol–water partition coefficient (Wildman–Crippen LogP) is 2.41. The highest BCUT2D eigenvalue weighted by Crippen LogP contribution is 2.24. The third-order valence-corrected chi connectivity index (χ3v) is 3.68. The van der Waals surface area contributed by atoms with Crippen molar-refractivity contribution in [3.63, 3.8) is 0 Å². The van der Waals surface area contributed by atoms with Gasteiger partial charge >= 0.3 is 0 Å². The minimum absolute atomic E-state index is 0.138. The smallest absolute Gasteiger partial charge is 0.134 e. The van der Waals surface area contributed by atoms with E-state index < -0.39 is 0 Å². The van der Waals surface area contributed by atoms with E-state index in [0.29, 0.717) is 17.1 Å². The summed E-state index contributed by atoms with van der Waals surface area (Å²) in [5.74, 6) is 0.138. The Labute approximate surface area is 107 Å². The van der Waals surface area contributed by atoms with Crippen molar-refractivity contribution in [2.24, 2.45) is 5.73 Å². The van der Waals surface area contributed by atoms with E-state index in [-0.39, 0.29) is 5.75 Å². The zero-order valence-corrected chi connectivity index (χ0v) is 10.6. The second-order valence-corrected chi connectivity index (χ2v) is 5.19. The van der Waals surface area contributed by atoms with Crippen molar-refractivity contribution in [2.75, 3.05) is 0 Å². The first-order valence-electron chi connectivity index (χ1n) is 6.11. The first-order valence-corrected chi connectivity index (χ1v) is 6.49. The average molecular weight is 255 g/mol. The van der Waals surface area contributed by atoms with Crippen LogP contribution in [0.25, 0.3) is 0 Å². The maximum absolute atomic E-state index is 9.32. The van der Waals surface area contributed by atoms with Crippen molar-refractivity contribution in [1.82, 2.24) is 5.32 Å². The van der Waals surface area contributed by atoms with E-state index in [2.05, 4.69) is 5.32 Å². The van der Waals surface area contributed by atoms with Crippen molar-refractivity contribution >= 4 is 11.6 Å². The van der Waals surface area contributed by atoms with Crippen molar-refractivity contribution in [2.45, 2.75) is 44.3 Å². The Morgan fingerprint density at radius 1 is 1.29 bits per heavy atom. The summed E-state index contributed by atoms with van der Waals surface area (Å²) >= 11 is 5.86. The van der Waals surface area contributed by atoms with Crippen molar-refractivity contribution in [1.29, 1.82) is 0 Å². The fourth-order valence-corrected chi connectivity index (χ4v) is 2.45. The van der Waals surface area contributed by atoms with Gasteiger partial charge < -0.3 is 16.2 Å². The molecule has 3 nitrogen and oxygen atoms in total. The largest absolute Gasteiger partial charge is 0.506 e. The molecule has 0 spiro atoms. The number of nitrogens with two attached hydrogens (primary N) is 1. The minimum atomic E-state index is 0.138. The summed E-state index contributed by atoms with van der Waals surface area (Å²) in [7, 11) is 0. The molecule has 1 fully saturated rings. The van der Waals surface area contributed by atoms with Gasteiger partial charge in [-0.2, -0.15) is 0 Å². The van der Waals surface area contributed by atoms with Gasteiger partial charge in [-0.1, -0.05) is 17.7 Å². The summed E-state index contributed by atoms with van der Waals surface area (Å²) in [5.41, 5.74) is 6.97. The molecule has 0 atom stereocenters.